The smallest absolute Gasteiger partial charge is 0.0514 e. The van der Waals surface area contributed by atoms with Crippen molar-refractivity contribution in [1.82, 2.24) is 0 Å². The van der Waals surface area contributed by atoms with Gasteiger partial charge in [0.15, 0.2) is 0 Å². The summed E-state index contributed by atoms with van der Waals surface area (Å²) in [5, 5.41) is 13.9. The standard InChI is InChI=1S/C8H8N4/c1-2-4-6-8-10-12-11-9-7-5-3-1/h1-8H/b2-1?,3-1-,4-2+,5-3?,6-4?,7-5+,8-6+,9-7?,10-8?,11-9-,12-10+,12-11?. The van der Waals surface area contributed by atoms with Gasteiger partial charge in [-0.1, -0.05) is 24.3 Å². The van der Waals surface area contributed by atoms with Crippen molar-refractivity contribution in [2.75, 3.05) is 0 Å². The molecule has 0 radical (unpaired) electrons. The first-order valence-corrected chi connectivity index (χ1v) is 3.45. The molecule has 0 saturated heterocycles. The fourth-order valence-corrected chi connectivity index (χ4v) is 0.539. The molecule has 0 aromatic heterocycles. The van der Waals surface area contributed by atoms with Crippen molar-refractivity contribution >= 4 is 0 Å². The lowest BCUT2D eigenvalue weighted by atomic mass is 10.4. The molecule has 60 valence electrons. The third-order valence-electron chi connectivity index (χ3n) is 1.00. The van der Waals surface area contributed by atoms with Crippen LogP contribution in [0.15, 0.2) is 69.5 Å². The van der Waals surface area contributed by atoms with Crippen LogP contribution in [0.4, 0.5) is 0 Å². The van der Waals surface area contributed by atoms with Crippen molar-refractivity contribution in [3.8, 4) is 0 Å². The largest absolute Gasteiger partial charge is 0.137 e. The molecule has 0 aliphatic carbocycles. The van der Waals surface area contributed by atoms with E-state index in [-0.39, 0.29) is 0 Å². The van der Waals surface area contributed by atoms with Gasteiger partial charge in [0, 0.05) is 0 Å². The Morgan fingerprint density at radius 1 is 0.500 bits per heavy atom. The highest BCUT2D eigenvalue weighted by Gasteiger charge is 1.67. The van der Waals surface area contributed by atoms with Crippen LogP contribution in [0.25, 0.3) is 0 Å². The molecule has 0 aromatic carbocycles. The first-order chi connectivity index (χ1) is 6.00. The molecular formula is C8H8N4. The lowest BCUT2D eigenvalue weighted by Crippen LogP contribution is -1.54. The van der Waals surface area contributed by atoms with Gasteiger partial charge in [-0.15, -0.1) is 10.2 Å². The molecule has 0 bridgehead atoms. The summed E-state index contributed by atoms with van der Waals surface area (Å²) in [4.78, 5) is 0. The van der Waals surface area contributed by atoms with E-state index in [1.165, 1.54) is 12.4 Å². The van der Waals surface area contributed by atoms with Gasteiger partial charge in [0.1, 0.15) is 0 Å². The average Bonchev–Trinajstić information content (AvgIpc) is 2.05. The third kappa shape index (κ3) is 4.05. The lowest BCUT2D eigenvalue weighted by molar-refractivity contribution is 0.951. The van der Waals surface area contributed by atoms with E-state index in [1.807, 2.05) is 24.3 Å². The summed E-state index contributed by atoms with van der Waals surface area (Å²) >= 11 is 0. The van der Waals surface area contributed by atoms with Crippen LogP contribution in [-0.2, 0) is 0 Å². The average molecular weight is 160 g/mol. The maximum atomic E-state index is 3.58. The van der Waals surface area contributed by atoms with Crippen molar-refractivity contribution in [2.24, 2.45) is 20.7 Å². The lowest BCUT2D eigenvalue weighted by Gasteiger charge is -1.75. The van der Waals surface area contributed by atoms with Crippen molar-refractivity contribution in [1.29, 1.82) is 0 Å². The molecule has 1 aliphatic heterocycles. The van der Waals surface area contributed by atoms with Crippen LogP contribution in [-0.4, -0.2) is 0 Å². The first-order valence-electron chi connectivity index (χ1n) is 3.45. The van der Waals surface area contributed by atoms with Crippen molar-refractivity contribution in [3.63, 3.8) is 0 Å². The van der Waals surface area contributed by atoms with E-state index in [1.54, 1.807) is 12.2 Å². The second kappa shape index (κ2) is 5.91. The van der Waals surface area contributed by atoms with Crippen LogP contribution in [0.2, 0.25) is 0 Å². The van der Waals surface area contributed by atoms with E-state index < -0.39 is 0 Å². The minimum Gasteiger partial charge on any atom is -0.137 e. The van der Waals surface area contributed by atoms with Gasteiger partial charge in [0.2, 0.25) is 0 Å². The summed E-state index contributed by atoms with van der Waals surface area (Å²) in [6.45, 7) is 0. The maximum Gasteiger partial charge on any atom is 0.0514 e. The van der Waals surface area contributed by atoms with Crippen LogP contribution in [0.3, 0.4) is 0 Å². The van der Waals surface area contributed by atoms with E-state index in [2.05, 4.69) is 20.7 Å². The van der Waals surface area contributed by atoms with Crippen LogP contribution >= 0.6 is 0 Å². The zero-order valence-corrected chi connectivity index (χ0v) is 6.41. The van der Waals surface area contributed by atoms with Gasteiger partial charge in [-0.25, -0.2) is 0 Å². The van der Waals surface area contributed by atoms with Gasteiger partial charge in [0.25, 0.3) is 0 Å². The fraction of sp³-hybridized carbons (Fsp3) is 0. The minimum absolute atomic E-state index is 1.54. The molecule has 0 spiro atoms. The molecule has 0 saturated carbocycles. The molecule has 4 heteroatoms. The number of nitrogens with zero attached hydrogens (tertiary/aromatic N) is 4. The van der Waals surface area contributed by atoms with Gasteiger partial charge >= 0.3 is 0 Å². The third-order valence-corrected chi connectivity index (χ3v) is 1.00. The zero-order chi connectivity index (χ0) is 8.49. The van der Waals surface area contributed by atoms with Gasteiger partial charge < -0.3 is 0 Å². The maximum absolute atomic E-state index is 3.58. The van der Waals surface area contributed by atoms with Crippen LogP contribution in [0, 0.1) is 0 Å². The molecule has 1 rings (SSSR count). The Morgan fingerprint density at radius 3 is 1.42 bits per heavy atom. The molecule has 0 atom stereocenters. The Balaban J connectivity index is 2.67. The number of rotatable bonds is 0. The van der Waals surface area contributed by atoms with E-state index >= 15 is 0 Å². The highest BCUT2D eigenvalue weighted by atomic mass is 15.4. The van der Waals surface area contributed by atoms with Crippen molar-refractivity contribution in [2.45, 2.75) is 0 Å². The van der Waals surface area contributed by atoms with E-state index in [0.29, 0.717) is 0 Å². The number of hydrogen-bond acceptors (Lipinski definition) is 4. The Labute approximate surface area is 70.4 Å². The SMILES string of the molecule is C1=C\C=C\N=N/N=N/C=C/C=C/1. The quantitative estimate of drug-likeness (QED) is 0.523. The van der Waals surface area contributed by atoms with Gasteiger partial charge in [-0.3, -0.25) is 0 Å². The first kappa shape index (κ1) is 8.26. The van der Waals surface area contributed by atoms with Gasteiger partial charge in [0.05, 0.1) is 12.4 Å². The summed E-state index contributed by atoms with van der Waals surface area (Å²) in [7, 11) is 0. The highest BCUT2D eigenvalue weighted by Crippen LogP contribution is 1.88. The van der Waals surface area contributed by atoms with Crippen LogP contribution in [0.5, 0.6) is 0 Å². The number of hydrogen-bond donors (Lipinski definition) is 0. The Morgan fingerprint density at radius 2 is 0.917 bits per heavy atom. The summed E-state index contributed by atoms with van der Waals surface area (Å²) in [6.07, 6.45) is 14.1. The zero-order valence-electron chi connectivity index (χ0n) is 6.41. The normalized spacial score (nSPS) is 32.0. The fourth-order valence-electron chi connectivity index (χ4n) is 0.539. The Hall–Kier alpha value is -1.84. The van der Waals surface area contributed by atoms with E-state index in [9.17, 15) is 0 Å². The molecule has 0 unspecified atom stereocenters. The van der Waals surface area contributed by atoms with Crippen molar-refractivity contribution in [3.05, 3.63) is 48.9 Å². The summed E-state index contributed by atoms with van der Waals surface area (Å²) in [5.41, 5.74) is 0. The predicted molar refractivity (Wildman–Crippen MR) is 46.3 cm³/mol. The van der Waals surface area contributed by atoms with E-state index in [0.717, 1.165) is 0 Å². The topological polar surface area (TPSA) is 49.4 Å². The molecule has 4 nitrogen and oxygen atoms in total. The molecular weight excluding hydrogens is 152 g/mol. The van der Waals surface area contributed by atoms with Crippen LogP contribution < -0.4 is 0 Å². The van der Waals surface area contributed by atoms with Gasteiger partial charge in [-0.2, -0.15) is 0 Å². The molecule has 0 N–H and O–H groups in total. The minimum atomic E-state index is 1.54. The second-order valence-electron chi connectivity index (χ2n) is 1.86. The summed E-state index contributed by atoms with van der Waals surface area (Å²) < 4.78 is 0. The summed E-state index contributed by atoms with van der Waals surface area (Å²) in [5.74, 6) is 0. The summed E-state index contributed by atoms with van der Waals surface area (Å²) in [6, 6.07) is 0. The predicted octanol–water partition coefficient (Wildman–Crippen LogP) is 2.96. The molecule has 0 aromatic rings. The number of allylic oxidation sites excluding steroid dienone is 6. The molecule has 0 amide bonds. The second-order valence-corrected chi connectivity index (χ2v) is 1.86. The Kier molecular flexibility index (Phi) is 4.07. The molecule has 0 fully saturated rings. The molecule has 1 heterocycles. The van der Waals surface area contributed by atoms with E-state index in [4.69, 9.17) is 0 Å². The van der Waals surface area contributed by atoms with Gasteiger partial charge in [-0.05, 0) is 22.6 Å². The van der Waals surface area contributed by atoms with Crippen molar-refractivity contribution < 1.29 is 0 Å². The monoisotopic (exact) mass is 160 g/mol. The molecule has 12 heavy (non-hydrogen) atoms. The molecule has 1 aliphatic rings. The highest BCUT2D eigenvalue weighted by molar-refractivity contribution is 5.14. The Bertz CT molecular complexity index is 180. The van der Waals surface area contributed by atoms with Crippen LogP contribution in [0.1, 0.15) is 0 Å².